The van der Waals surface area contributed by atoms with Crippen LogP contribution in [0.3, 0.4) is 0 Å². The fourth-order valence-electron chi connectivity index (χ4n) is 4.94. The molecule has 0 spiro atoms. The summed E-state index contributed by atoms with van der Waals surface area (Å²) in [6, 6.07) is 16.9. The Morgan fingerprint density at radius 3 is 2.59 bits per heavy atom. The Morgan fingerprint density at radius 1 is 1.10 bits per heavy atom. The number of carbonyl (C=O) groups is 1. The largest absolute Gasteiger partial charge is 0.573 e. The van der Waals surface area contributed by atoms with E-state index in [1.807, 2.05) is 37.3 Å². The van der Waals surface area contributed by atoms with Crippen molar-refractivity contribution in [3.63, 3.8) is 0 Å². The highest BCUT2D eigenvalue weighted by atomic mass is 19.4. The smallest absolute Gasteiger partial charge is 0.487 e. The number of nitrogens with zero attached hydrogens (tertiary/aromatic N) is 5. The summed E-state index contributed by atoms with van der Waals surface area (Å²) in [5.74, 6) is -0.714. The van der Waals surface area contributed by atoms with Crippen LogP contribution in [0.5, 0.6) is 11.5 Å². The van der Waals surface area contributed by atoms with Crippen LogP contribution in [-0.2, 0) is 13.7 Å². The van der Waals surface area contributed by atoms with Crippen molar-refractivity contribution in [2.75, 3.05) is 0 Å². The Morgan fingerprint density at radius 2 is 1.88 bits per heavy atom. The predicted molar refractivity (Wildman–Crippen MR) is 142 cm³/mol. The Balaban J connectivity index is 1.28. The molecule has 210 valence electrons. The van der Waals surface area contributed by atoms with Crippen LogP contribution in [0.4, 0.5) is 13.2 Å². The van der Waals surface area contributed by atoms with Gasteiger partial charge in [-0.1, -0.05) is 29.5 Å². The summed E-state index contributed by atoms with van der Waals surface area (Å²) in [6.45, 7) is 1.97. The molecule has 1 saturated carbocycles. The van der Waals surface area contributed by atoms with Crippen LogP contribution in [0.25, 0.3) is 27.7 Å². The molecule has 0 unspecified atom stereocenters. The van der Waals surface area contributed by atoms with Crippen molar-refractivity contribution in [2.24, 2.45) is 7.05 Å². The molecule has 2 heterocycles. The van der Waals surface area contributed by atoms with Gasteiger partial charge >= 0.3 is 12.3 Å². The molecule has 0 bridgehead atoms. The van der Waals surface area contributed by atoms with Crippen molar-refractivity contribution in [3.8, 4) is 28.3 Å². The molecule has 0 atom stereocenters. The number of rotatable bonds is 8. The number of aromatic nitrogens is 5. The normalized spacial score (nSPS) is 13.5. The lowest BCUT2D eigenvalue weighted by atomic mass is 9.99. The molecule has 0 amide bonds. The van der Waals surface area contributed by atoms with Gasteiger partial charge in [0, 0.05) is 18.4 Å². The van der Waals surface area contributed by atoms with E-state index in [2.05, 4.69) is 20.1 Å². The number of aryl methyl sites for hydroxylation is 2. The van der Waals surface area contributed by atoms with Crippen LogP contribution in [-0.4, -0.2) is 42.2 Å². The quantitative estimate of drug-likeness (QED) is 0.240. The second-order valence-electron chi connectivity index (χ2n) is 9.90. The molecular weight excluding hydrogens is 539 g/mol. The third-order valence-electron chi connectivity index (χ3n) is 7.01. The molecule has 6 rings (SSSR count). The summed E-state index contributed by atoms with van der Waals surface area (Å²) < 4.78 is 52.4. The fourth-order valence-corrected chi connectivity index (χ4v) is 4.94. The van der Waals surface area contributed by atoms with E-state index in [4.69, 9.17) is 4.74 Å². The maximum absolute atomic E-state index is 13.1. The van der Waals surface area contributed by atoms with Gasteiger partial charge in [-0.25, -0.2) is 9.48 Å². The van der Waals surface area contributed by atoms with E-state index < -0.39 is 12.3 Å². The standard InChI is InChI=1S/C29H24F3N5O4/c1-16-13-19(10-12-20(16)18-9-11-21-23(14-18)36(2)34-27(21)28(38)39)40-15-24-26(17-7-8-17)33-35-37(24)22-5-3-4-6-25(22)41-29(30,31)32/h3-6,9-14,17H,7-8,15H2,1-2H3,(H,38,39). The van der Waals surface area contributed by atoms with Gasteiger partial charge in [0.1, 0.15) is 23.7 Å². The van der Waals surface area contributed by atoms with Crippen molar-refractivity contribution < 1.29 is 32.5 Å². The summed E-state index contributed by atoms with van der Waals surface area (Å²) >= 11 is 0. The number of alkyl halides is 3. The first-order valence-corrected chi connectivity index (χ1v) is 12.8. The van der Waals surface area contributed by atoms with Crippen molar-refractivity contribution in [1.82, 2.24) is 24.8 Å². The summed E-state index contributed by atoms with van der Waals surface area (Å²) in [7, 11) is 1.70. The Hall–Kier alpha value is -4.87. The minimum absolute atomic E-state index is 0.00131. The lowest BCUT2D eigenvalue weighted by Gasteiger charge is -2.15. The minimum atomic E-state index is -4.86. The summed E-state index contributed by atoms with van der Waals surface area (Å²) in [5.41, 5.74) is 4.81. The molecule has 0 aliphatic heterocycles. The van der Waals surface area contributed by atoms with E-state index in [1.165, 1.54) is 22.9 Å². The summed E-state index contributed by atoms with van der Waals surface area (Å²) in [4.78, 5) is 11.5. The maximum atomic E-state index is 13.1. The van der Waals surface area contributed by atoms with E-state index in [0.29, 0.717) is 28.0 Å². The van der Waals surface area contributed by atoms with Crippen molar-refractivity contribution in [2.45, 2.75) is 38.7 Å². The van der Waals surface area contributed by atoms with E-state index in [-0.39, 0.29) is 29.7 Å². The predicted octanol–water partition coefficient (Wildman–Crippen LogP) is 6.18. The van der Waals surface area contributed by atoms with E-state index in [1.54, 1.807) is 23.9 Å². The molecule has 3 aromatic carbocycles. The maximum Gasteiger partial charge on any atom is 0.573 e. The third-order valence-corrected chi connectivity index (χ3v) is 7.01. The lowest BCUT2D eigenvalue weighted by Crippen LogP contribution is -2.19. The molecule has 0 radical (unpaired) electrons. The topological polar surface area (TPSA) is 104 Å². The van der Waals surface area contributed by atoms with Crippen LogP contribution in [0.2, 0.25) is 0 Å². The van der Waals surface area contributed by atoms with Gasteiger partial charge in [-0.2, -0.15) is 5.10 Å². The van der Waals surface area contributed by atoms with Crippen LogP contribution in [0.15, 0.2) is 60.7 Å². The van der Waals surface area contributed by atoms with Gasteiger partial charge < -0.3 is 14.6 Å². The number of hydrogen-bond donors (Lipinski definition) is 1. The number of carboxylic acids is 1. The summed E-state index contributed by atoms with van der Waals surface area (Å²) in [5, 5.41) is 22.5. The number of fused-ring (bicyclic) bond motifs is 1. The molecule has 9 nitrogen and oxygen atoms in total. The molecule has 41 heavy (non-hydrogen) atoms. The van der Waals surface area contributed by atoms with Crippen LogP contribution >= 0.6 is 0 Å². The molecule has 1 aliphatic rings. The fraction of sp³-hybridized carbons (Fsp3) is 0.241. The molecule has 1 N–H and O–H groups in total. The molecular formula is C29H24F3N5O4. The zero-order valence-corrected chi connectivity index (χ0v) is 22.0. The zero-order chi connectivity index (χ0) is 28.9. The van der Waals surface area contributed by atoms with Gasteiger partial charge in [0.05, 0.1) is 11.2 Å². The van der Waals surface area contributed by atoms with Crippen molar-refractivity contribution >= 4 is 16.9 Å². The van der Waals surface area contributed by atoms with Crippen molar-refractivity contribution in [3.05, 3.63) is 83.3 Å². The molecule has 12 heteroatoms. The second-order valence-corrected chi connectivity index (χ2v) is 9.90. The molecule has 1 fully saturated rings. The van der Waals surface area contributed by atoms with Gasteiger partial charge in [-0.05, 0) is 72.9 Å². The Bertz CT molecular complexity index is 1790. The van der Waals surface area contributed by atoms with Gasteiger partial charge in [0.2, 0.25) is 0 Å². The monoisotopic (exact) mass is 563 g/mol. The Kier molecular flexibility index (Phi) is 6.40. The van der Waals surface area contributed by atoms with E-state index in [0.717, 1.165) is 29.5 Å². The minimum Gasteiger partial charge on any atom is -0.487 e. The average molecular weight is 564 g/mol. The number of aromatic carboxylic acids is 1. The zero-order valence-electron chi connectivity index (χ0n) is 22.0. The first-order chi connectivity index (χ1) is 19.6. The first-order valence-electron chi connectivity index (χ1n) is 12.8. The second kappa shape index (κ2) is 9.95. The molecule has 5 aromatic rings. The number of ether oxygens (including phenoxy) is 2. The van der Waals surface area contributed by atoms with Crippen LogP contribution < -0.4 is 9.47 Å². The Labute approximate surface area is 231 Å². The van der Waals surface area contributed by atoms with Crippen LogP contribution in [0, 0.1) is 6.92 Å². The molecule has 0 saturated heterocycles. The van der Waals surface area contributed by atoms with E-state index >= 15 is 0 Å². The number of halogens is 3. The number of para-hydroxylation sites is 2. The summed E-state index contributed by atoms with van der Waals surface area (Å²) in [6.07, 6.45) is -3.00. The highest BCUT2D eigenvalue weighted by molar-refractivity contribution is 6.02. The van der Waals surface area contributed by atoms with Crippen LogP contribution in [0.1, 0.15) is 46.2 Å². The first kappa shape index (κ1) is 26.4. The molecule has 2 aromatic heterocycles. The van der Waals surface area contributed by atoms with Gasteiger partial charge in [-0.15, -0.1) is 18.3 Å². The average Bonchev–Trinajstić information content (AvgIpc) is 3.59. The van der Waals surface area contributed by atoms with E-state index in [9.17, 15) is 23.1 Å². The van der Waals surface area contributed by atoms with Gasteiger partial charge in [-0.3, -0.25) is 4.68 Å². The third kappa shape index (κ3) is 5.20. The van der Waals surface area contributed by atoms with Gasteiger partial charge in [0.25, 0.3) is 0 Å². The van der Waals surface area contributed by atoms with Crippen molar-refractivity contribution in [1.29, 1.82) is 0 Å². The van der Waals surface area contributed by atoms with Gasteiger partial charge in [0.15, 0.2) is 11.4 Å². The SMILES string of the molecule is Cc1cc(OCc2c(C3CC3)nnn2-c2ccccc2OC(F)(F)F)ccc1-c1ccc2c(C(=O)O)nn(C)c2c1. The number of benzene rings is 3. The highest BCUT2D eigenvalue weighted by Crippen LogP contribution is 2.42. The number of carboxylic acid groups (broad SMARTS) is 1. The molecule has 1 aliphatic carbocycles. The number of hydrogen-bond acceptors (Lipinski definition) is 6. The lowest BCUT2D eigenvalue weighted by molar-refractivity contribution is -0.274. The highest BCUT2D eigenvalue weighted by Gasteiger charge is 2.34.